The molecule has 1 fully saturated rings. The molecule has 0 bridgehead atoms. The van der Waals surface area contributed by atoms with Gasteiger partial charge in [0.15, 0.2) is 0 Å². The van der Waals surface area contributed by atoms with Crippen LogP contribution in [-0.4, -0.2) is 32.1 Å². The fraction of sp³-hybridized carbons (Fsp3) is 0.571. The molecule has 0 aliphatic carbocycles. The summed E-state index contributed by atoms with van der Waals surface area (Å²) in [7, 11) is -3.11. The van der Waals surface area contributed by atoms with E-state index < -0.39 is 10.0 Å². The molecule has 3 N–H and O–H groups in total. The van der Waals surface area contributed by atoms with Crippen molar-refractivity contribution >= 4 is 21.6 Å². The molecule has 0 aromatic heterocycles. The van der Waals surface area contributed by atoms with Crippen LogP contribution >= 0.6 is 11.6 Å². The molecule has 0 radical (unpaired) electrons. The van der Waals surface area contributed by atoms with Crippen molar-refractivity contribution in [2.24, 2.45) is 11.8 Å². The fourth-order valence-electron chi connectivity index (χ4n) is 2.88. The van der Waals surface area contributed by atoms with E-state index in [-0.39, 0.29) is 6.04 Å². The fourth-order valence-corrected chi connectivity index (χ4v) is 4.02. The number of hydrogen-bond donors (Lipinski definition) is 2. The zero-order valence-corrected chi connectivity index (χ0v) is 13.7. The number of nitrogens with zero attached hydrogens (tertiary/aromatic N) is 1. The van der Waals surface area contributed by atoms with Gasteiger partial charge >= 0.3 is 0 Å². The lowest BCUT2D eigenvalue weighted by molar-refractivity contribution is 0.238. The van der Waals surface area contributed by atoms with Gasteiger partial charge in [0.1, 0.15) is 0 Å². The quantitative estimate of drug-likeness (QED) is 0.638. The Hall–Kier alpha value is -0.660. The first kappa shape index (κ1) is 16.7. The Morgan fingerprint density at radius 3 is 2.90 bits per heavy atom. The molecular weight excluding hydrogens is 310 g/mol. The second-order valence-electron chi connectivity index (χ2n) is 5.64. The minimum absolute atomic E-state index is 0.0202. The first-order chi connectivity index (χ1) is 9.90. The Bertz CT molecular complexity index is 579. The summed E-state index contributed by atoms with van der Waals surface area (Å²) in [5, 5.41) is 0.675. The first-order valence-electron chi connectivity index (χ1n) is 7.07. The first-order valence-corrected chi connectivity index (χ1v) is 9.29. The molecule has 1 saturated heterocycles. The molecule has 1 aromatic rings. The molecule has 1 aromatic carbocycles. The van der Waals surface area contributed by atoms with Gasteiger partial charge in [-0.25, -0.2) is 12.7 Å². The summed E-state index contributed by atoms with van der Waals surface area (Å²) >= 11 is 6.02. The van der Waals surface area contributed by atoms with Crippen molar-refractivity contribution in [3.8, 4) is 0 Å². The van der Waals surface area contributed by atoms with E-state index >= 15 is 0 Å². The van der Waals surface area contributed by atoms with Crippen LogP contribution in [0.5, 0.6) is 0 Å². The average Bonchev–Trinajstić information content (AvgIpc) is 2.44. The van der Waals surface area contributed by atoms with Crippen molar-refractivity contribution in [3.05, 3.63) is 34.9 Å². The highest BCUT2D eigenvalue weighted by Gasteiger charge is 2.27. The Balaban J connectivity index is 2.05. The van der Waals surface area contributed by atoms with Crippen molar-refractivity contribution in [2.45, 2.75) is 25.3 Å². The topological polar surface area (TPSA) is 75.4 Å². The molecule has 1 aliphatic heterocycles. The lowest BCUT2D eigenvalue weighted by Crippen LogP contribution is -2.41. The molecule has 1 aliphatic rings. The third kappa shape index (κ3) is 4.66. The SMILES string of the molecule is CS(=O)(=O)N1CCCC(CC(NN)c2cccc(Cl)c2)C1. The molecule has 1 heterocycles. The molecule has 2 atom stereocenters. The molecule has 0 saturated carbocycles. The van der Waals surface area contributed by atoms with E-state index in [9.17, 15) is 8.42 Å². The van der Waals surface area contributed by atoms with Crippen molar-refractivity contribution in [3.63, 3.8) is 0 Å². The number of hydrogen-bond acceptors (Lipinski definition) is 4. The zero-order valence-electron chi connectivity index (χ0n) is 12.1. The summed E-state index contributed by atoms with van der Waals surface area (Å²) in [5.41, 5.74) is 3.85. The third-order valence-corrected chi connectivity index (χ3v) is 5.48. The standard InChI is InChI=1S/C14H22ClN3O2S/c1-21(19,20)18-7-3-4-11(10-18)8-14(17-16)12-5-2-6-13(15)9-12/h2,5-6,9,11,14,17H,3-4,7-8,10,16H2,1H3. The van der Waals surface area contributed by atoms with E-state index in [0.717, 1.165) is 24.8 Å². The van der Waals surface area contributed by atoms with E-state index in [2.05, 4.69) is 5.43 Å². The highest BCUT2D eigenvalue weighted by molar-refractivity contribution is 7.88. The summed E-state index contributed by atoms with van der Waals surface area (Å²) in [4.78, 5) is 0. The van der Waals surface area contributed by atoms with Crippen LogP contribution in [-0.2, 0) is 10.0 Å². The molecule has 7 heteroatoms. The van der Waals surface area contributed by atoms with Crippen molar-refractivity contribution in [1.29, 1.82) is 0 Å². The number of benzene rings is 1. The molecule has 118 valence electrons. The maximum Gasteiger partial charge on any atom is 0.211 e. The summed E-state index contributed by atoms with van der Waals surface area (Å²) in [5.74, 6) is 5.97. The molecule has 2 unspecified atom stereocenters. The lowest BCUT2D eigenvalue weighted by Gasteiger charge is -2.33. The van der Waals surface area contributed by atoms with Gasteiger partial charge in [-0.2, -0.15) is 0 Å². The zero-order chi connectivity index (χ0) is 15.5. The van der Waals surface area contributed by atoms with Crippen LogP contribution in [0.3, 0.4) is 0 Å². The molecule has 21 heavy (non-hydrogen) atoms. The van der Waals surface area contributed by atoms with E-state index in [0.29, 0.717) is 24.0 Å². The Morgan fingerprint density at radius 1 is 1.52 bits per heavy atom. The maximum atomic E-state index is 11.7. The van der Waals surface area contributed by atoms with Gasteiger partial charge in [-0.1, -0.05) is 23.7 Å². The second-order valence-corrected chi connectivity index (χ2v) is 8.06. The predicted molar refractivity (Wildman–Crippen MR) is 85.3 cm³/mol. The minimum atomic E-state index is -3.11. The van der Waals surface area contributed by atoms with Crippen molar-refractivity contribution in [1.82, 2.24) is 9.73 Å². The number of rotatable bonds is 5. The number of sulfonamides is 1. The van der Waals surface area contributed by atoms with Crippen LogP contribution < -0.4 is 11.3 Å². The maximum absolute atomic E-state index is 11.7. The van der Waals surface area contributed by atoms with Gasteiger partial charge in [0.25, 0.3) is 0 Å². The van der Waals surface area contributed by atoms with Crippen LogP contribution in [0.1, 0.15) is 30.9 Å². The number of piperidine rings is 1. The number of hydrazine groups is 1. The monoisotopic (exact) mass is 331 g/mol. The molecule has 0 amide bonds. The molecule has 0 spiro atoms. The van der Waals surface area contributed by atoms with Crippen LogP contribution in [0.2, 0.25) is 5.02 Å². The highest BCUT2D eigenvalue weighted by atomic mass is 35.5. The van der Waals surface area contributed by atoms with Gasteiger partial charge in [-0.15, -0.1) is 0 Å². The van der Waals surface area contributed by atoms with Crippen molar-refractivity contribution in [2.75, 3.05) is 19.3 Å². The minimum Gasteiger partial charge on any atom is -0.271 e. The van der Waals surface area contributed by atoms with Crippen LogP contribution in [0.25, 0.3) is 0 Å². The molecular formula is C14H22ClN3O2S. The number of nitrogens with one attached hydrogen (secondary N) is 1. The predicted octanol–water partition coefficient (Wildman–Crippen LogP) is 1.91. The van der Waals surface area contributed by atoms with Gasteiger partial charge in [0.2, 0.25) is 10.0 Å². The van der Waals surface area contributed by atoms with Gasteiger partial charge < -0.3 is 0 Å². The van der Waals surface area contributed by atoms with Crippen LogP contribution in [0.4, 0.5) is 0 Å². The van der Waals surface area contributed by atoms with Gasteiger partial charge in [-0.05, 0) is 42.9 Å². The van der Waals surface area contributed by atoms with Gasteiger partial charge in [0.05, 0.1) is 6.26 Å². The summed E-state index contributed by atoms with van der Waals surface area (Å²) in [6.45, 7) is 1.19. The van der Waals surface area contributed by atoms with Crippen LogP contribution in [0, 0.1) is 5.92 Å². The number of halogens is 1. The highest BCUT2D eigenvalue weighted by Crippen LogP contribution is 2.29. The summed E-state index contributed by atoms with van der Waals surface area (Å²) in [6, 6.07) is 7.57. The van der Waals surface area contributed by atoms with Gasteiger partial charge in [0, 0.05) is 24.2 Å². The Labute approximate surface area is 131 Å². The van der Waals surface area contributed by atoms with Crippen molar-refractivity contribution < 1.29 is 8.42 Å². The smallest absolute Gasteiger partial charge is 0.211 e. The lowest BCUT2D eigenvalue weighted by atomic mass is 9.90. The van der Waals surface area contributed by atoms with E-state index in [1.807, 2.05) is 24.3 Å². The average molecular weight is 332 g/mol. The third-order valence-electron chi connectivity index (χ3n) is 3.97. The largest absolute Gasteiger partial charge is 0.271 e. The second kappa shape index (κ2) is 7.07. The summed E-state index contributed by atoms with van der Waals surface area (Å²) < 4.78 is 24.9. The number of nitrogens with two attached hydrogens (primary N) is 1. The van der Waals surface area contributed by atoms with Crippen LogP contribution in [0.15, 0.2) is 24.3 Å². The summed E-state index contributed by atoms with van der Waals surface area (Å²) in [6.07, 6.45) is 3.98. The Kier molecular flexibility index (Phi) is 5.62. The molecule has 5 nitrogen and oxygen atoms in total. The Morgan fingerprint density at radius 2 is 2.29 bits per heavy atom. The van der Waals surface area contributed by atoms with Gasteiger partial charge in [-0.3, -0.25) is 11.3 Å². The normalized spacial score (nSPS) is 22.1. The van der Waals surface area contributed by atoms with E-state index in [1.54, 1.807) is 4.31 Å². The van der Waals surface area contributed by atoms with E-state index in [4.69, 9.17) is 17.4 Å². The van der Waals surface area contributed by atoms with E-state index in [1.165, 1.54) is 6.26 Å². The molecule has 2 rings (SSSR count).